The van der Waals surface area contributed by atoms with Crippen molar-refractivity contribution in [2.24, 2.45) is 0 Å². The summed E-state index contributed by atoms with van der Waals surface area (Å²) in [5.74, 6) is 0. The molecule has 0 aromatic rings. The summed E-state index contributed by atoms with van der Waals surface area (Å²) in [6, 6.07) is 0.753. The lowest BCUT2D eigenvalue weighted by atomic mass is 10.0. The lowest BCUT2D eigenvalue weighted by molar-refractivity contribution is 0.175. The summed E-state index contributed by atoms with van der Waals surface area (Å²) >= 11 is 0. The van der Waals surface area contributed by atoms with E-state index in [1.165, 1.54) is 32.2 Å². The van der Waals surface area contributed by atoms with E-state index in [0.29, 0.717) is 0 Å². The molecule has 0 aromatic heterocycles. The monoisotopic (exact) mass is 246 g/mol. The Kier molecular flexibility index (Phi) is 6.54. The van der Waals surface area contributed by atoms with Crippen LogP contribution in [0.5, 0.6) is 0 Å². The van der Waals surface area contributed by atoms with Crippen molar-refractivity contribution in [1.29, 1.82) is 0 Å². The average Bonchev–Trinajstić information content (AvgIpc) is 2.26. The number of hydrogen-bond donors (Lipinski definition) is 1. The van der Waals surface area contributed by atoms with Gasteiger partial charge in [0.25, 0.3) is 0 Å². The van der Waals surface area contributed by atoms with E-state index in [9.17, 15) is 4.21 Å². The molecule has 0 bridgehead atoms. The van der Waals surface area contributed by atoms with E-state index in [1.54, 1.807) is 6.26 Å². The third-order valence-electron chi connectivity index (χ3n) is 3.57. The Morgan fingerprint density at radius 1 is 1.50 bits per heavy atom. The Morgan fingerprint density at radius 2 is 2.25 bits per heavy atom. The number of hydrogen-bond acceptors (Lipinski definition) is 3. The molecule has 0 saturated carbocycles. The lowest BCUT2D eigenvalue weighted by Crippen LogP contribution is -2.39. The Bertz CT molecular complexity index is 223. The molecule has 3 unspecified atom stereocenters. The molecule has 1 aliphatic heterocycles. The minimum atomic E-state index is -0.698. The van der Waals surface area contributed by atoms with Gasteiger partial charge in [-0.05, 0) is 46.3 Å². The zero-order valence-corrected chi connectivity index (χ0v) is 11.7. The van der Waals surface area contributed by atoms with Crippen molar-refractivity contribution < 1.29 is 4.21 Å². The molecule has 0 radical (unpaired) electrons. The van der Waals surface area contributed by atoms with Crippen LogP contribution in [0.25, 0.3) is 0 Å². The van der Waals surface area contributed by atoms with Crippen molar-refractivity contribution in [2.45, 2.75) is 43.9 Å². The van der Waals surface area contributed by atoms with E-state index < -0.39 is 10.8 Å². The fourth-order valence-electron chi connectivity index (χ4n) is 2.20. The Morgan fingerprint density at radius 3 is 2.88 bits per heavy atom. The SMILES string of the molecule is CC(CNCCC1CCCCN1C)S(C)=O. The molecule has 1 saturated heterocycles. The first-order chi connectivity index (χ1) is 7.61. The maximum Gasteiger partial charge on any atom is 0.0441 e. The standard InChI is InChI=1S/C12H26N2OS/c1-11(16(3)15)10-13-8-7-12-6-4-5-9-14(12)2/h11-13H,4-10H2,1-3H3. The maximum absolute atomic E-state index is 11.2. The molecule has 3 nitrogen and oxygen atoms in total. The fourth-order valence-corrected chi connectivity index (χ4v) is 2.55. The van der Waals surface area contributed by atoms with Gasteiger partial charge in [0.1, 0.15) is 0 Å². The van der Waals surface area contributed by atoms with Crippen molar-refractivity contribution in [3.05, 3.63) is 0 Å². The Labute approximate surface area is 102 Å². The highest BCUT2D eigenvalue weighted by Crippen LogP contribution is 2.16. The van der Waals surface area contributed by atoms with Crippen LogP contribution < -0.4 is 5.32 Å². The van der Waals surface area contributed by atoms with Crippen LogP contribution in [0, 0.1) is 0 Å². The minimum absolute atomic E-state index is 0.268. The smallest absolute Gasteiger partial charge is 0.0441 e. The van der Waals surface area contributed by atoms with Gasteiger partial charge in [0.05, 0.1) is 0 Å². The fraction of sp³-hybridized carbons (Fsp3) is 1.00. The highest BCUT2D eigenvalue weighted by atomic mass is 32.2. The maximum atomic E-state index is 11.2. The van der Waals surface area contributed by atoms with E-state index in [0.717, 1.165) is 19.1 Å². The topological polar surface area (TPSA) is 32.3 Å². The molecular weight excluding hydrogens is 220 g/mol. The van der Waals surface area contributed by atoms with Crippen molar-refractivity contribution in [1.82, 2.24) is 10.2 Å². The zero-order valence-electron chi connectivity index (χ0n) is 10.9. The summed E-state index contributed by atoms with van der Waals surface area (Å²) < 4.78 is 11.2. The van der Waals surface area contributed by atoms with Crippen molar-refractivity contribution in [3.63, 3.8) is 0 Å². The second-order valence-corrected chi connectivity index (χ2v) is 6.73. The van der Waals surface area contributed by atoms with Crippen LogP contribution in [0.15, 0.2) is 0 Å². The molecule has 1 heterocycles. The second-order valence-electron chi connectivity index (χ2n) is 4.93. The molecule has 1 rings (SSSR count). The van der Waals surface area contributed by atoms with Crippen molar-refractivity contribution >= 4 is 10.8 Å². The minimum Gasteiger partial charge on any atom is -0.315 e. The summed E-state index contributed by atoms with van der Waals surface area (Å²) in [5.41, 5.74) is 0. The first-order valence-electron chi connectivity index (χ1n) is 6.34. The van der Waals surface area contributed by atoms with Crippen molar-refractivity contribution in [3.8, 4) is 0 Å². The van der Waals surface area contributed by atoms with Gasteiger partial charge >= 0.3 is 0 Å². The third-order valence-corrected chi connectivity index (χ3v) is 4.87. The number of piperidine rings is 1. The molecule has 0 amide bonds. The van der Waals surface area contributed by atoms with Crippen LogP contribution in [0.1, 0.15) is 32.6 Å². The van der Waals surface area contributed by atoms with Crippen LogP contribution in [0.3, 0.4) is 0 Å². The molecule has 1 N–H and O–H groups in total. The second kappa shape index (κ2) is 7.41. The van der Waals surface area contributed by atoms with Gasteiger partial charge in [-0.15, -0.1) is 0 Å². The third kappa shape index (κ3) is 4.93. The molecule has 1 aliphatic rings. The quantitative estimate of drug-likeness (QED) is 0.715. The molecule has 3 atom stereocenters. The van der Waals surface area contributed by atoms with Gasteiger partial charge in [-0.25, -0.2) is 0 Å². The van der Waals surface area contributed by atoms with E-state index in [2.05, 4.69) is 17.3 Å². The van der Waals surface area contributed by atoms with Gasteiger partial charge in [0.2, 0.25) is 0 Å². The van der Waals surface area contributed by atoms with Gasteiger partial charge in [0, 0.05) is 34.9 Å². The Balaban J connectivity index is 2.08. The van der Waals surface area contributed by atoms with E-state index in [-0.39, 0.29) is 5.25 Å². The van der Waals surface area contributed by atoms with E-state index in [1.807, 2.05) is 6.92 Å². The number of likely N-dealkylation sites (tertiary alicyclic amines) is 1. The average molecular weight is 246 g/mol. The molecular formula is C12H26N2OS. The van der Waals surface area contributed by atoms with Gasteiger partial charge in [-0.3, -0.25) is 4.21 Å². The highest BCUT2D eigenvalue weighted by Gasteiger charge is 2.18. The molecule has 4 heteroatoms. The first-order valence-corrected chi connectivity index (χ1v) is 7.96. The molecule has 0 aromatic carbocycles. The van der Waals surface area contributed by atoms with Crippen LogP contribution >= 0.6 is 0 Å². The summed E-state index contributed by atoms with van der Waals surface area (Å²) in [4.78, 5) is 2.48. The van der Waals surface area contributed by atoms with E-state index >= 15 is 0 Å². The lowest BCUT2D eigenvalue weighted by Gasteiger charge is -2.32. The summed E-state index contributed by atoms with van der Waals surface area (Å²) in [6.07, 6.45) is 7.07. The highest BCUT2D eigenvalue weighted by molar-refractivity contribution is 7.84. The molecule has 1 fully saturated rings. The van der Waals surface area contributed by atoms with Gasteiger partial charge in [-0.2, -0.15) is 0 Å². The normalized spacial score (nSPS) is 26.6. The predicted octanol–water partition coefficient (Wildman–Crippen LogP) is 1.22. The zero-order chi connectivity index (χ0) is 12.0. The van der Waals surface area contributed by atoms with Crippen LogP contribution in [-0.4, -0.2) is 53.3 Å². The van der Waals surface area contributed by atoms with Crippen LogP contribution in [-0.2, 0) is 10.8 Å². The largest absolute Gasteiger partial charge is 0.315 e. The van der Waals surface area contributed by atoms with Crippen molar-refractivity contribution in [2.75, 3.05) is 32.9 Å². The Hall–Kier alpha value is 0.0700. The summed E-state index contributed by atoms with van der Waals surface area (Å²) in [5, 5.41) is 3.68. The first kappa shape index (κ1) is 14.1. The summed E-state index contributed by atoms with van der Waals surface area (Å²) in [7, 11) is 1.53. The molecule has 0 spiro atoms. The van der Waals surface area contributed by atoms with Gasteiger partial charge < -0.3 is 10.2 Å². The molecule has 96 valence electrons. The predicted molar refractivity (Wildman–Crippen MR) is 71.3 cm³/mol. The number of nitrogens with one attached hydrogen (secondary N) is 1. The summed E-state index contributed by atoms with van der Waals surface area (Å²) in [6.45, 7) is 5.21. The van der Waals surface area contributed by atoms with Gasteiger partial charge in [-0.1, -0.05) is 6.42 Å². The number of rotatable bonds is 6. The van der Waals surface area contributed by atoms with Crippen LogP contribution in [0.4, 0.5) is 0 Å². The molecule has 0 aliphatic carbocycles. The van der Waals surface area contributed by atoms with E-state index in [4.69, 9.17) is 0 Å². The number of nitrogens with zero attached hydrogens (tertiary/aromatic N) is 1. The van der Waals surface area contributed by atoms with Gasteiger partial charge in [0.15, 0.2) is 0 Å². The molecule has 16 heavy (non-hydrogen) atoms. The van der Waals surface area contributed by atoms with Crippen LogP contribution in [0.2, 0.25) is 0 Å².